The largest absolute Gasteiger partial charge is 0.462 e. The molecule has 0 aromatic carbocycles. The fourth-order valence-electron chi connectivity index (χ4n) is 7.06. The van der Waals surface area contributed by atoms with Crippen LogP contribution < -0.4 is 0 Å². The molecule has 2 rings (SSSR count). The molecule has 11 unspecified atom stereocenters. The molecule has 2 heterocycles. The first kappa shape index (κ1) is 54.1. The molecule has 2 saturated heterocycles. The molecule has 15 heteroatoms. The van der Waals surface area contributed by atoms with Crippen molar-refractivity contribution in [3.63, 3.8) is 0 Å². The van der Waals surface area contributed by atoms with Crippen LogP contribution in [-0.4, -0.2) is 142 Å². The minimum absolute atomic E-state index is 0.151. The van der Waals surface area contributed by atoms with Crippen LogP contribution in [0.2, 0.25) is 0 Å². The summed E-state index contributed by atoms with van der Waals surface area (Å²) in [5.41, 5.74) is 0. The van der Waals surface area contributed by atoms with E-state index in [0.29, 0.717) is 12.8 Å². The number of esters is 2. The van der Waals surface area contributed by atoms with Crippen molar-refractivity contribution in [1.29, 1.82) is 0 Å². The Hall–Kier alpha value is -2.02. The normalized spacial score (nSPS) is 27.8. The molecule has 2 aliphatic rings. The predicted octanol–water partition coefficient (Wildman–Crippen LogP) is 4.82. The van der Waals surface area contributed by atoms with Gasteiger partial charge in [0.1, 0.15) is 55.4 Å². The number of rotatable bonds is 34. The third kappa shape index (κ3) is 22.4. The lowest BCUT2D eigenvalue weighted by Crippen LogP contribution is -2.61. The van der Waals surface area contributed by atoms with Crippen LogP contribution in [0.25, 0.3) is 0 Å². The van der Waals surface area contributed by atoms with Crippen molar-refractivity contribution in [3.05, 3.63) is 24.3 Å². The summed E-state index contributed by atoms with van der Waals surface area (Å²) in [6, 6.07) is 0. The second-order valence-electron chi connectivity index (χ2n) is 16.2. The van der Waals surface area contributed by atoms with E-state index in [1.807, 2.05) is 0 Å². The van der Waals surface area contributed by atoms with Crippen LogP contribution in [0.1, 0.15) is 155 Å². The van der Waals surface area contributed by atoms with Crippen molar-refractivity contribution in [2.24, 2.45) is 0 Å². The molecule has 15 nitrogen and oxygen atoms in total. The molecule has 2 aliphatic heterocycles. The summed E-state index contributed by atoms with van der Waals surface area (Å²) >= 11 is 0. The zero-order valence-corrected chi connectivity index (χ0v) is 36.4. The summed E-state index contributed by atoms with van der Waals surface area (Å²) in [5, 5.41) is 71.8. The predicted molar refractivity (Wildman–Crippen MR) is 224 cm³/mol. The topological polar surface area (TPSA) is 231 Å². The van der Waals surface area contributed by atoms with Crippen molar-refractivity contribution >= 4 is 11.9 Å². The highest BCUT2D eigenvalue weighted by Gasteiger charge is 2.47. The first-order valence-corrected chi connectivity index (χ1v) is 22.9. The number of aliphatic hydroxyl groups is 7. The quantitative estimate of drug-likeness (QED) is 0.0261. The van der Waals surface area contributed by atoms with Gasteiger partial charge in [0.2, 0.25) is 0 Å². The number of hydrogen-bond donors (Lipinski definition) is 7. The average molecular weight is 861 g/mol. The van der Waals surface area contributed by atoms with Crippen molar-refractivity contribution in [1.82, 2.24) is 0 Å². The molecule has 7 N–H and O–H groups in total. The minimum atomic E-state index is -1.76. The van der Waals surface area contributed by atoms with Crippen LogP contribution in [0.3, 0.4) is 0 Å². The van der Waals surface area contributed by atoms with Gasteiger partial charge in [-0.2, -0.15) is 0 Å². The molecule has 0 aliphatic carbocycles. The third-order valence-electron chi connectivity index (χ3n) is 10.9. The van der Waals surface area contributed by atoms with E-state index in [1.54, 1.807) is 0 Å². The van der Waals surface area contributed by atoms with Gasteiger partial charge in [-0.3, -0.25) is 9.59 Å². The Morgan fingerprint density at radius 2 is 1.02 bits per heavy atom. The molecule has 0 saturated carbocycles. The fourth-order valence-corrected chi connectivity index (χ4v) is 7.06. The third-order valence-corrected chi connectivity index (χ3v) is 10.9. The van der Waals surface area contributed by atoms with Crippen molar-refractivity contribution < 1.29 is 73.8 Å². The number of carbonyl (C=O) groups is 2. The van der Waals surface area contributed by atoms with Gasteiger partial charge in [0.05, 0.1) is 19.8 Å². The summed E-state index contributed by atoms with van der Waals surface area (Å²) in [5.74, 6) is -0.942. The van der Waals surface area contributed by atoms with Crippen LogP contribution >= 0.6 is 0 Å². The highest BCUT2D eigenvalue weighted by molar-refractivity contribution is 5.70. The lowest BCUT2D eigenvalue weighted by molar-refractivity contribution is -0.332. The van der Waals surface area contributed by atoms with Gasteiger partial charge < -0.3 is 64.2 Å². The number of hydrogen-bond acceptors (Lipinski definition) is 15. The summed E-state index contributed by atoms with van der Waals surface area (Å²) < 4.78 is 33.4. The van der Waals surface area contributed by atoms with E-state index in [-0.39, 0.29) is 26.1 Å². The number of allylic oxidation sites excluding steroid dienone is 4. The lowest BCUT2D eigenvalue weighted by atomic mass is 9.98. The Balaban J connectivity index is 1.86. The standard InChI is InChI=1S/C45H80O15/c1-3-5-7-9-11-13-15-16-17-18-20-22-24-26-28-37(48)58-33(30-55-36(47)27-25-23-21-19-14-12-10-8-6-4-2)31-56-44-43(54)41(52)39(50)35(60-44)32-57-45-42(53)40(51)38(49)34(29-46)59-45/h9,11,15-16,33-35,38-46,49-54H,3-8,10,12-14,17-32H2,1-2H3/b11-9-,16-15-. The number of ether oxygens (including phenoxy) is 6. The van der Waals surface area contributed by atoms with Crippen LogP contribution in [0, 0.1) is 0 Å². The number of carbonyl (C=O) groups excluding carboxylic acids is 2. The second kappa shape index (κ2) is 33.5. The van der Waals surface area contributed by atoms with Crippen LogP contribution in [0.5, 0.6) is 0 Å². The molecule has 0 radical (unpaired) electrons. The van der Waals surface area contributed by atoms with E-state index >= 15 is 0 Å². The first-order chi connectivity index (χ1) is 29.0. The van der Waals surface area contributed by atoms with Crippen molar-refractivity contribution in [3.8, 4) is 0 Å². The maximum atomic E-state index is 12.9. The summed E-state index contributed by atoms with van der Waals surface area (Å²) in [6.45, 7) is 2.50. The van der Waals surface area contributed by atoms with E-state index < -0.39 is 92.7 Å². The summed E-state index contributed by atoms with van der Waals surface area (Å²) in [7, 11) is 0. The molecule has 2 fully saturated rings. The zero-order chi connectivity index (χ0) is 44.0. The number of unbranched alkanes of at least 4 members (excludes halogenated alkanes) is 16. The minimum Gasteiger partial charge on any atom is -0.462 e. The highest BCUT2D eigenvalue weighted by Crippen LogP contribution is 2.26. The van der Waals surface area contributed by atoms with Gasteiger partial charge in [-0.1, -0.05) is 128 Å². The van der Waals surface area contributed by atoms with Crippen molar-refractivity contribution in [2.45, 2.75) is 223 Å². The van der Waals surface area contributed by atoms with E-state index in [9.17, 15) is 45.3 Å². The first-order valence-electron chi connectivity index (χ1n) is 22.9. The Morgan fingerprint density at radius 3 is 1.60 bits per heavy atom. The lowest BCUT2D eigenvalue weighted by Gasteiger charge is -2.42. The molecule has 0 amide bonds. The molecule has 0 aromatic heterocycles. The zero-order valence-electron chi connectivity index (χ0n) is 36.4. The molecule has 0 aromatic rings. The monoisotopic (exact) mass is 861 g/mol. The van der Waals surface area contributed by atoms with E-state index in [0.717, 1.165) is 64.2 Å². The Labute approximate surface area is 358 Å². The van der Waals surface area contributed by atoms with Crippen LogP contribution in [-0.2, 0) is 38.0 Å². The Kier molecular flexibility index (Phi) is 30.2. The second-order valence-corrected chi connectivity index (χ2v) is 16.2. The molecule has 0 bridgehead atoms. The van der Waals surface area contributed by atoms with Gasteiger partial charge in [0.15, 0.2) is 18.7 Å². The maximum absolute atomic E-state index is 12.9. The van der Waals surface area contributed by atoms with E-state index in [1.165, 1.54) is 51.4 Å². The van der Waals surface area contributed by atoms with Crippen molar-refractivity contribution in [2.75, 3.05) is 26.4 Å². The van der Waals surface area contributed by atoms with Gasteiger partial charge in [-0.25, -0.2) is 0 Å². The molecule has 60 heavy (non-hydrogen) atoms. The van der Waals surface area contributed by atoms with Gasteiger partial charge in [-0.05, 0) is 38.5 Å². The molecular weight excluding hydrogens is 780 g/mol. The smallest absolute Gasteiger partial charge is 0.306 e. The van der Waals surface area contributed by atoms with Gasteiger partial charge in [-0.15, -0.1) is 0 Å². The molecule has 0 spiro atoms. The van der Waals surface area contributed by atoms with E-state index in [4.69, 9.17) is 28.4 Å². The maximum Gasteiger partial charge on any atom is 0.306 e. The fraction of sp³-hybridized carbons (Fsp3) is 0.867. The summed E-state index contributed by atoms with van der Waals surface area (Å²) in [4.78, 5) is 25.6. The Morgan fingerprint density at radius 1 is 0.533 bits per heavy atom. The average Bonchev–Trinajstić information content (AvgIpc) is 3.24. The van der Waals surface area contributed by atoms with Gasteiger partial charge in [0.25, 0.3) is 0 Å². The SMILES string of the molecule is CCCC/C=C\C/C=C\CCCCCCCC(=O)OC(COC(=O)CCCCCCCCCCCC)COC1OC(COC2OC(CO)C(O)C(O)C2O)C(O)C(O)C1O. The Bertz CT molecular complexity index is 1150. The van der Waals surface area contributed by atoms with Gasteiger partial charge >= 0.3 is 11.9 Å². The highest BCUT2D eigenvalue weighted by atomic mass is 16.7. The number of aliphatic hydroxyl groups excluding tert-OH is 7. The molecular formula is C45H80O15. The summed E-state index contributed by atoms with van der Waals surface area (Å²) in [6.07, 6.45) is 13.7. The van der Waals surface area contributed by atoms with Crippen LogP contribution in [0.4, 0.5) is 0 Å². The van der Waals surface area contributed by atoms with Gasteiger partial charge in [0, 0.05) is 12.8 Å². The van der Waals surface area contributed by atoms with E-state index in [2.05, 4.69) is 38.2 Å². The molecule has 350 valence electrons. The molecule has 11 atom stereocenters. The van der Waals surface area contributed by atoms with Crippen LogP contribution in [0.15, 0.2) is 24.3 Å².